The maximum absolute atomic E-state index is 8.47. The van der Waals surface area contributed by atoms with Gasteiger partial charge in [-0.25, -0.2) is 0 Å². The van der Waals surface area contributed by atoms with Gasteiger partial charge >= 0.3 is 0 Å². The van der Waals surface area contributed by atoms with E-state index in [1.807, 2.05) is 12.3 Å². The average Bonchev–Trinajstić information content (AvgIpc) is 2.38. The Morgan fingerprint density at radius 3 is 2.58 bits per heavy atom. The van der Waals surface area contributed by atoms with E-state index in [2.05, 4.69) is 12.1 Å². The van der Waals surface area contributed by atoms with E-state index < -0.39 is 0 Å². The van der Waals surface area contributed by atoms with Gasteiger partial charge in [0.15, 0.2) is 0 Å². The molecular formula is C9H8N2S. The van der Waals surface area contributed by atoms with E-state index in [1.165, 1.54) is 0 Å². The van der Waals surface area contributed by atoms with Gasteiger partial charge in [0.1, 0.15) is 0 Å². The number of nitrogens with zero attached hydrogens (tertiary/aromatic N) is 2. The molecule has 0 fully saturated rings. The third kappa shape index (κ3) is 1.64. The summed E-state index contributed by atoms with van der Waals surface area (Å²) < 4.78 is 0. The lowest BCUT2D eigenvalue weighted by Gasteiger charge is -1.92. The molecule has 0 amide bonds. The molecule has 0 aliphatic heterocycles. The van der Waals surface area contributed by atoms with Crippen LogP contribution >= 0.6 is 11.3 Å². The molecule has 0 N–H and O–H groups in total. The predicted octanol–water partition coefficient (Wildman–Crippen LogP) is 2.19. The van der Waals surface area contributed by atoms with Gasteiger partial charge in [-0.2, -0.15) is 10.5 Å². The molecule has 0 saturated carbocycles. The Balaban J connectivity index is 2.92. The predicted molar refractivity (Wildman–Crippen MR) is 47.7 cm³/mol. The van der Waals surface area contributed by atoms with Gasteiger partial charge in [0.05, 0.1) is 25.0 Å². The van der Waals surface area contributed by atoms with Crippen LogP contribution in [-0.4, -0.2) is 0 Å². The molecule has 1 aromatic rings. The van der Waals surface area contributed by atoms with Gasteiger partial charge in [0, 0.05) is 4.88 Å². The quantitative estimate of drug-likeness (QED) is 0.693. The Kier molecular flexibility index (Phi) is 2.85. The molecule has 0 aliphatic rings. The van der Waals surface area contributed by atoms with Gasteiger partial charge in [0.2, 0.25) is 0 Å². The van der Waals surface area contributed by atoms with E-state index in [1.54, 1.807) is 11.3 Å². The first kappa shape index (κ1) is 8.77. The summed E-state index contributed by atoms with van der Waals surface area (Å²) in [6.07, 6.45) is 0.912. The topological polar surface area (TPSA) is 47.6 Å². The number of thiophene rings is 1. The highest BCUT2D eigenvalue weighted by Gasteiger charge is 2.05. The summed E-state index contributed by atoms with van der Waals surface area (Å²) in [4.78, 5) is 1.09. The van der Waals surface area contributed by atoms with Crippen LogP contribution in [0.5, 0.6) is 0 Å². The number of rotatable bonds is 2. The molecule has 0 radical (unpaired) electrons. The molecule has 0 atom stereocenters. The van der Waals surface area contributed by atoms with E-state index in [0.29, 0.717) is 12.8 Å². The zero-order valence-electron chi connectivity index (χ0n) is 6.79. The molecule has 12 heavy (non-hydrogen) atoms. The summed E-state index contributed by atoms with van der Waals surface area (Å²) in [5.74, 6) is 0. The maximum Gasteiger partial charge on any atom is 0.0698 e. The van der Waals surface area contributed by atoms with Crippen LogP contribution in [0.2, 0.25) is 0 Å². The highest BCUT2D eigenvalue weighted by Crippen LogP contribution is 2.22. The number of nitriles is 2. The molecule has 0 aliphatic carbocycles. The fraction of sp³-hybridized carbons (Fsp3) is 0.333. The summed E-state index contributed by atoms with van der Waals surface area (Å²) in [6.45, 7) is 1.97. The largest absolute Gasteiger partial charge is 0.198 e. The molecule has 0 aromatic carbocycles. The normalized spacial score (nSPS) is 8.92. The Morgan fingerprint density at radius 1 is 1.33 bits per heavy atom. The standard InChI is InChI=1S/C9H8N2S/c1-7-8(2-4-10)6-12-9(7)3-5-11/h6H,2-3H2,1H3. The Morgan fingerprint density at radius 2 is 2.00 bits per heavy atom. The maximum atomic E-state index is 8.47. The van der Waals surface area contributed by atoms with Crippen molar-refractivity contribution in [2.75, 3.05) is 0 Å². The SMILES string of the molecule is Cc1c(CC#N)csc1CC#N. The molecule has 60 valence electrons. The van der Waals surface area contributed by atoms with Gasteiger partial charge in [-0.15, -0.1) is 11.3 Å². The first-order valence-electron chi connectivity index (χ1n) is 3.59. The van der Waals surface area contributed by atoms with Gasteiger partial charge in [-0.3, -0.25) is 0 Å². The van der Waals surface area contributed by atoms with Crippen molar-refractivity contribution in [3.8, 4) is 12.1 Å². The van der Waals surface area contributed by atoms with E-state index in [0.717, 1.165) is 16.0 Å². The molecular weight excluding hydrogens is 168 g/mol. The van der Waals surface area contributed by atoms with Gasteiger partial charge < -0.3 is 0 Å². The van der Waals surface area contributed by atoms with Crippen LogP contribution < -0.4 is 0 Å². The molecule has 1 aromatic heterocycles. The minimum absolute atomic E-state index is 0.452. The van der Waals surface area contributed by atoms with Gasteiger partial charge in [-0.1, -0.05) is 0 Å². The number of hydrogen-bond donors (Lipinski definition) is 0. The molecule has 1 heterocycles. The van der Waals surface area contributed by atoms with Crippen molar-refractivity contribution in [2.24, 2.45) is 0 Å². The first-order valence-corrected chi connectivity index (χ1v) is 4.47. The van der Waals surface area contributed by atoms with Crippen molar-refractivity contribution in [1.29, 1.82) is 10.5 Å². The van der Waals surface area contributed by atoms with Crippen LogP contribution in [0.3, 0.4) is 0 Å². The van der Waals surface area contributed by atoms with Crippen LogP contribution in [0, 0.1) is 29.6 Å². The summed E-state index contributed by atoms with van der Waals surface area (Å²) in [5, 5.41) is 18.9. The van der Waals surface area contributed by atoms with E-state index >= 15 is 0 Å². The van der Waals surface area contributed by atoms with Crippen molar-refractivity contribution in [3.05, 3.63) is 21.4 Å². The van der Waals surface area contributed by atoms with Crippen LogP contribution in [0.25, 0.3) is 0 Å². The van der Waals surface area contributed by atoms with Crippen LogP contribution in [0.1, 0.15) is 16.0 Å². The lowest BCUT2D eigenvalue weighted by atomic mass is 10.1. The summed E-state index contributed by atoms with van der Waals surface area (Å²) in [6, 6.07) is 4.21. The molecule has 1 rings (SSSR count). The first-order chi connectivity index (χ1) is 5.79. The van der Waals surface area contributed by atoms with Crippen LogP contribution in [-0.2, 0) is 12.8 Å². The van der Waals surface area contributed by atoms with Crippen molar-refractivity contribution >= 4 is 11.3 Å². The molecule has 0 bridgehead atoms. The Hall–Kier alpha value is -1.32. The smallest absolute Gasteiger partial charge is 0.0698 e. The van der Waals surface area contributed by atoms with E-state index in [-0.39, 0.29) is 0 Å². The van der Waals surface area contributed by atoms with Crippen molar-refractivity contribution in [2.45, 2.75) is 19.8 Å². The minimum atomic E-state index is 0.452. The monoisotopic (exact) mass is 176 g/mol. The lowest BCUT2D eigenvalue weighted by Crippen LogP contribution is -1.84. The fourth-order valence-electron chi connectivity index (χ4n) is 1.00. The molecule has 0 saturated heterocycles. The summed E-state index contributed by atoms with van der Waals surface area (Å²) >= 11 is 1.57. The zero-order chi connectivity index (χ0) is 8.97. The highest BCUT2D eigenvalue weighted by molar-refractivity contribution is 7.10. The van der Waals surface area contributed by atoms with Gasteiger partial charge in [0.25, 0.3) is 0 Å². The Labute approximate surface area is 75.7 Å². The van der Waals surface area contributed by atoms with Crippen molar-refractivity contribution < 1.29 is 0 Å². The highest BCUT2D eigenvalue weighted by atomic mass is 32.1. The van der Waals surface area contributed by atoms with Crippen LogP contribution in [0.4, 0.5) is 0 Å². The lowest BCUT2D eigenvalue weighted by molar-refractivity contribution is 1.20. The molecule has 2 nitrogen and oxygen atoms in total. The summed E-state index contributed by atoms with van der Waals surface area (Å²) in [7, 11) is 0. The zero-order valence-corrected chi connectivity index (χ0v) is 7.61. The van der Waals surface area contributed by atoms with E-state index in [4.69, 9.17) is 10.5 Å². The second-order valence-electron chi connectivity index (χ2n) is 2.48. The van der Waals surface area contributed by atoms with Gasteiger partial charge in [-0.05, 0) is 23.4 Å². The van der Waals surface area contributed by atoms with Crippen molar-refractivity contribution in [3.63, 3.8) is 0 Å². The average molecular weight is 176 g/mol. The third-order valence-electron chi connectivity index (χ3n) is 1.75. The second-order valence-corrected chi connectivity index (χ2v) is 3.44. The number of hydrogen-bond acceptors (Lipinski definition) is 3. The minimum Gasteiger partial charge on any atom is -0.198 e. The van der Waals surface area contributed by atoms with Crippen LogP contribution in [0.15, 0.2) is 5.38 Å². The Bertz CT molecular complexity index is 318. The van der Waals surface area contributed by atoms with Crippen molar-refractivity contribution in [1.82, 2.24) is 0 Å². The fourth-order valence-corrected chi connectivity index (χ4v) is 2.00. The molecule has 0 unspecified atom stereocenters. The van der Waals surface area contributed by atoms with E-state index in [9.17, 15) is 0 Å². The summed E-state index contributed by atoms with van der Waals surface area (Å²) in [5.41, 5.74) is 2.18. The molecule has 3 heteroatoms. The molecule has 0 spiro atoms. The third-order valence-corrected chi connectivity index (χ3v) is 2.89. The second kappa shape index (κ2) is 3.90.